The maximum absolute atomic E-state index is 13.2. The van der Waals surface area contributed by atoms with E-state index in [1.807, 2.05) is 4.90 Å². The number of hydrogen-bond donors (Lipinski definition) is 0. The van der Waals surface area contributed by atoms with Crippen LogP contribution in [-0.4, -0.2) is 13.1 Å². The fraction of sp³-hybridized carbons (Fsp3) is 0.600. The smallest absolute Gasteiger partial charge is 0.371 e. The van der Waals surface area contributed by atoms with Crippen LogP contribution in [0.15, 0.2) is 18.2 Å². The third kappa shape index (κ3) is 3.40. The zero-order valence-electron chi connectivity index (χ0n) is 11.5. The van der Waals surface area contributed by atoms with Crippen molar-refractivity contribution in [3.8, 4) is 0 Å². The van der Waals surface area contributed by atoms with E-state index in [-0.39, 0.29) is 5.88 Å². The summed E-state index contributed by atoms with van der Waals surface area (Å²) < 4.78 is 39.6. The molecule has 0 bridgehead atoms. The summed E-state index contributed by atoms with van der Waals surface area (Å²) in [6.45, 7) is 3.53. The molecule has 0 unspecified atom stereocenters. The predicted molar refractivity (Wildman–Crippen MR) is 76.2 cm³/mol. The van der Waals surface area contributed by atoms with Gasteiger partial charge in [-0.05, 0) is 36.5 Å². The van der Waals surface area contributed by atoms with Crippen molar-refractivity contribution >= 4 is 17.3 Å². The van der Waals surface area contributed by atoms with Crippen LogP contribution in [0.4, 0.5) is 18.9 Å². The van der Waals surface area contributed by atoms with Gasteiger partial charge >= 0.3 is 6.18 Å². The Kier molecular flexibility index (Phi) is 4.84. The van der Waals surface area contributed by atoms with Gasteiger partial charge in [0.1, 0.15) is 0 Å². The molecule has 1 aliphatic rings. The third-order valence-electron chi connectivity index (χ3n) is 4.05. The summed E-state index contributed by atoms with van der Waals surface area (Å²) in [5, 5.41) is 0. The summed E-state index contributed by atoms with van der Waals surface area (Å²) in [6, 6.07) is 4.42. The molecule has 0 saturated carbocycles. The van der Waals surface area contributed by atoms with Gasteiger partial charge in [0, 0.05) is 24.7 Å². The zero-order valence-corrected chi connectivity index (χ0v) is 12.3. The van der Waals surface area contributed by atoms with Crippen molar-refractivity contribution in [1.82, 2.24) is 0 Å². The van der Waals surface area contributed by atoms with E-state index in [0.29, 0.717) is 30.3 Å². The van der Waals surface area contributed by atoms with Gasteiger partial charge in [0.25, 0.3) is 0 Å². The first-order valence-electron chi connectivity index (χ1n) is 6.96. The van der Waals surface area contributed by atoms with Crippen molar-refractivity contribution in [3.05, 3.63) is 29.3 Å². The Bertz CT molecular complexity index is 451. The van der Waals surface area contributed by atoms with Gasteiger partial charge in [-0.2, -0.15) is 13.2 Å². The Morgan fingerprint density at radius 2 is 1.90 bits per heavy atom. The minimum atomic E-state index is -4.33. The molecule has 112 valence electrons. The SMILES string of the molecule is CCC1CCN(c2ccc(CCl)cc2C(F)(F)F)CC1. The molecule has 1 aromatic carbocycles. The number of rotatable bonds is 3. The number of anilines is 1. The zero-order chi connectivity index (χ0) is 14.8. The molecule has 1 saturated heterocycles. The number of alkyl halides is 4. The predicted octanol–water partition coefficient (Wildman–Crippen LogP) is 5.07. The monoisotopic (exact) mass is 305 g/mol. The molecule has 0 spiro atoms. The molecule has 0 radical (unpaired) electrons. The summed E-state index contributed by atoms with van der Waals surface area (Å²) >= 11 is 5.64. The summed E-state index contributed by atoms with van der Waals surface area (Å²) in [7, 11) is 0. The van der Waals surface area contributed by atoms with E-state index in [2.05, 4.69) is 6.92 Å². The first-order chi connectivity index (χ1) is 9.45. The molecule has 2 rings (SSSR count). The van der Waals surface area contributed by atoms with E-state index in [1.54, 1.807) is 12.1 Å². The van der Waals surface area contributed by atoms with E-state index in [1.165, 1.54) is 6.07 Å². The molecular weight excluding hydrogens is 287 g/mol. The van der Waals surface area contributed by atoms with Gasteiger partial charge in [-0.15, -0.1) is 11.6 Å². The lowest BCUT2D eigenvalue weighted by atomic mass is 9.93. The second-order valence-corrected chi connectivity index (χ2v) is 5.59. The molecule has 5 heteroatoms. The van der Waals surface area contributed by atoms with Crippen molar-refractivity contribution in [1.29, 1.82) is 0 Å². The molecule has 20 heavy (non-hydrogen) atoms. The van der Waals surface area contributed by atoms with Crippen molar-refractivity contribution in [3.63, 3.8) is 0 Å². The molecule has 1 aliphatic heterocycles. The van der Waals surface area contributed by atoms with Crippen molar-refractivity contribution in [2.45, 2.75) is 38.2 Å². The highest BCUT2D eigenvalue weighted by molar-refractivity contribution is 6.17. The number of halogens is 4. The Balaban J connectivity index is 2.27. The highest BCUT2D eigenvalue weighted by Gasteiger charge is 2.35. The standard InChI is InChI=1S/C15H19ClF3N/c1-2-11-5-7-20(8-6-11)14-4-3-12(10-16)9-13(14)15(17,18)19/h3-4,9,11H,2,5-8,10H2,1H3. The first-order valence-corrected chi connectivity index (χ1v) is 7.50. The van der Waals surface area contributed by atoms with Gasteiger partial charge < -0.3 is 4.90 Å². The average Bonchev–Trinajstić information content (AvgIpc) is 2.46. The fourth-order valence-electron chi connectivity index (χ4n) is 2.75. The summed E-state index contributed by atoms with van der Waals surface area (Å²) in [4.78, 5) is 1.85. The second kappa shape index (κ2) is 6.25. The van der Waals surface area contributed by atoms with Crippen molar-refractivity contribution in [2.24, 2.45) is 5.92 Å². The molecule has 0 aromatic heterocycles. The Labute approximate surface area is 122 Å². The Morgan fingerprint density at radius 3 is 2.40 bits per heavy atom. The summed E-state index contributed by atoms with van der Waals surface area (Å²) in [5.74, 6) is 0.740. The molecule has 1 nitrogen and oxygen atoms in total. The number of hydrogen-bond acceptors (Lipinski definition) is 1. The van der Waals surface area contributed by atoms with E-state index < -0.39 is 11.7 Å². The van der Waals surface area contributed by atoms with Gasteiger partial charge in [-0.25, -0.2) is 0 Å². The van der Waals surface area contributed by atoms with Crippen LogP contribution in [-0.2, 0) is 12.1 Å². The molecule has 0 amide bonds. The highest BCUT2D eigenvalue weighted by atomic mass is 35.5. The van der Waals surface area contributed by atoms with E-state index in [9.17, 15) is 13.2 Å². The fourth-order valence-corrected chi connectivity index (χ4v) is 2.92. The normalized spacial score (nSPS) is 17.6. The van der Waals surface area contributed by atoms with E-state index >= 15 is 0 Å². The number of nitrogens with zero attached hydrogens (tertiary/aromatic N) is 1. The van der Waals surface area contributed by atoms with Crippen LogP contribution in [0.5, 0.6) is 0 Å². The molecule has 1 aromatic rings. The average molecular weight is 306 g/mol. The molecule has 0 aliphatic carbocycles. The van der Waals surface area contributed by atoms with Crippen LogP contribution in [0.3, 0.4) is 0 Å². The quantitative estimate of drug-likeness (QED) is 0.705. The maximum atomic E-state index is 13.2. The van der Waals surface area contributed by atoms with E-state index in [0.717, 1.165) is 19.3 Å². The molecule has 1 heterocycles. The van der Waals surface area contributed by atoms with Crippen molar-refractivity contribution in [2.75, 3.05) is 18.0 Å². The van der Waals surface area contributed by atoms with Crippen LogP contribution >= 0.6 is 11.6 Å². The minimum Gasteiger partial charge on any atom is -0.371 e. The van der Waals surface area contributed by atoms with Crippen LogP contribution < -0.4 is 4.90 Å². The number of benzene rings is 1. The van der Waals surface area contributed by atoms with Crippen LogP contribution in [0.2, 0.25) is 0 Å². The Morgan fingerprint density at radius 1 is 1.25 bits per heavy atom. The van der Waals surface area contributed by atoms with Gasteiger partial charge in [0.05, 0.1) is 5.56 Å². The largest absolute Gasteiger partial charge is 0.418 e. The highest BCUT2D eigenvalue weighted by Crippen LogP contribution is 2.38. The molecular formula is C15H19ClF3N. The van der Waals surface area contributed by atoms with Gasteiger partial charge in [-0.1, -0.05) is 19.4 Å². The lowest BCUT2D eigenvalue weighted by Crippen LogP contribution is -2.34. The van der Waals surface area contributed by atoms with E-state index in [4.69, 9.17) is 11.6 Å². The van der Waals surface area contributed by atoms with Crippen LogP contribution in [0.1, 0.15) is 37.3 Å². The topological polar surface area (TPSA) is 3.24 Å². The van der Waals surface area contributed by atoms with Crippen LogP contribution in [0, 0.1) is 5.92 Å². The van der Waals surface area contributed by atoms with Crippen molar-refractivity contribution < 1.29 is 13.2 Å². The molecule has 0 atom stereocenters. The lowest BCUT2D eigenvalue weighted by Gasteiger charge is -2.34. The summed E-state index contributed by atoms with van der Waals surface area (Å²) in [6.07, 6.45) is -1.31. The molecule has 0 N–H and O–H groups in total. The maximum Gasteiger partial charge on any atom is 0.418 e. The second-order valence-electron chi connectivity index (χ2n) is 5.32. The van der Waals surface area contributed by atoms with Gasteiger partial charge in [0.15, 0.2) is 0 Å². The van der Waals surface area contributed by atoms with Gasteiger partial charge in [0.2, 0.25) is 0 Å². The lowest BCUT2D eigenvalue weighted by molar-refractivity contribution is -0.137. The third-order valence-corrected chi connectivity index (χ3v) is 4.36. The molecule has 1 fully saturated rings. The summed E-state index contributed by atoms with van der Waals surface area (Å²) in [5.41, 5.74) is 0.234. The van der Waals surface area contributed by atoms with Gasteiger partial charge in [-0.3, -0.25) is 0 Å². The number of piperidine rings is 1. The Hall–Kier alpha value is -0.900. The van der Waals surface area contributed by atoms with Crippen LogP contribution in [0.25, 0.3) is 0 Å². The minimum absolute atomic E-state index is 0.0985. The first kappa shape index (κ1) is 15.5.